The fourth-order valence-corrected chi connectivity index (χ4v) is 4.10. The second-order valence-corrected chi connectivity index (χ2v) is 6.91. The van der Waals surface area contributed by atoms with Crippen molar-refractivity contribution >= 4 is 11.4 Å². The lowest BCUT2D eigenvalue weighted by Crippen LogP contribution is -2.60. The van der Waals surface area contributed by atoms with Crippen molar-refractivity contribution in [2.24, 2.45) is 0 Å². The Labute approximate surface area is 132 Å². The standard InChI is InChI=1S/C17H26N4O/c1-19-6-4-14(5-7-19)20-8-9-21-15(11-20)12-22-17-10-13(18)2-3-16(17)21/h2-3,10,14-15H,4-9,11-12,18H2,1H3/t15-/m0/s1. The number of hydrogen-bond donors (Lipinski definition) is 1. The molecule has 0 aliphatic carbocycles. The molecule has 2 N–H and O–H groups in total. The Morgan fingerprint density at radius 2 is 1.91 bits per heavy atom. The van der Waals surface area contributed by atoms with Crippen molar-refractivity contribution in [3.8, 4) is 5.75 Å². The summed E-state index contributed by atoms with van der Waals surface area (Å²) in [5, 5.41) is 0. The van der Waals surface area contributed by atoms with Crippen molar-refractivity contribution in [2.75, 3.05) is 57.0 Å². The normalized spacial score (nSPS) is 27.1. The molecule has 1 atom stereocenters. The van der Waals surface area contributed by atoms with Crippen molar-refractivity contribution in [1.82, 2.24) is 9.80 Å². The maximum atomic E-state index is 5.97. The molecule has 5 heteroatoms. The lowest BCUT2D eigenvalue weighted by molar-refractivity contribution is 0.0868. The van der Waals surface area contributed by atoms with Crippen LogP contribution in [-0.2, 0) is 0 Å². The lowest BCUT2D eigenvalue weighted by atomic mass is 10.00. The van der Waals surface area contributed by atoms with Crippen LogP contribution < -0.4 is 15.4 Å². The number of anilines is 2. The van der Waals surface area contributed by atoms with Crippen LogP contribution in [0.25, 0.3) is 0 Å². The van der Waals surface area contributed by atoms with E-state index in [0.29, 0.717) is 6.04 Å². The number of benzene rings is 1. The second-order valence-electron chi connectivity index (χ2n) is 6.91. The number of nitrogens with two attached hydrogens (primary N) is 1. The molecule has 2 fully saturated rings. The summed E-state index contributed by atoms with van der Waals surface area (Å²) < 4.78 is 5.97. The third-order valence-corrected chi connectivity index (χ3v) is 5.44. The first-order chi connectivity index (χ1) is 10.7. The number of likely N-dealkylation sites (tertiary alicyclic amines) is 1. The number of nitrogen functional groups attached to an aromatic ring is 1. The number of ether oxygens (including phenoxy) is 1. The molecular weight excluding hydrogens is 276 g/mol. The molecule has 0 radical (unpaired) electrons. The first-order valence-corrected chi connectivity index (χ1v) is 8.42. The molecular formula is C17H26N4O. The van der Waals surface area contributed by atoms with Crippen LogP contribution in [0.3, 0.4) is 0 Å². The summed E-state index contributed by atoms with van der Waals surface area (Å²) in [6, 6.07) is 7.28. The molecule has 2 saturated heterocycles. The minimum absolute atomic E-state index is 0.476. The number of piperazine rings is 1. The van der Waals surface area contributed by atoms with E-state index in [1.165, 1.54) is 31.6 Å². The third-order valence-electron chi connectivity index (χ3n) is 5.44. The zero-order valence-corrected chi connectivity index (χ0v) is 13.4. The van der Waals surface area contributed by atoms with Gasteiger partial charge in [0.15, 0.2) is 0 Å². The van der Waals surface area contributed by atoms with Gasteiger partial charge in [-0.25, -0.2) is 0 Å². The Morgan fingerprint density at radius 3 is 2.73 bits per heavy atom. The zero-order chi connectivity index (χ0) is 15.1. The Balaban J connectivity index is 1.46. The number of rotatable bonds is 1. The van der Waals surface area contributed by atoms with Gasteiger partial charge in [-0.1, -0.05) is 0 Å². The molecule has 1 aromatic carbocycles. The van der Waals surface area contributed by atoms with E-state index < -0.39 is 0 Å². The largest absolute Gasteiger partial charge is 0.489 e. The van der Waals surface area contributed by atoms with Crippen molar-refractivity contribution in [2.45, 2.75) is 24.9 Å². The predicted molar refractivity (Wildman–Crippen MR) is 89.6 cm³/mol. The van der Waals surface area contributed by atoms with Gasteiger partial charge in [0.2, 0.25) is 0 Å². The fourth-order valence-electron chi connectivity index (χ4n) is 4.10. The molecule has 0 unspecified atom stereocenters. The molecule has 0 bridgehead atoms. The van der Waals surface area contributed by atoms with Gasteiger partial charge in [-0.15, -0.1) is 0 Å². The Morgan fingerprint density at radius 1 is 1.09 bits per heavy atom. The number of hydrogen-bond acceptors (Lipinski definition) is 5. The van der Waals surface area contributed by atoms with E-state index in [4.69, 9.17) is 10.5 Å². The first-order valence-electron chi connectivity index (χ1n) is 8.42. The van der Waals surface area contributed by atoms with Crippen LogP contribution in [0.5, 0.6) is 5.75 Å². The molecule has 1 aromatic rings. The summed E-state index contributed by atoms with van der Waals surface area (Å²) in [7, 11) is 2.23. The summed E-state index contributed by atoms with van der Waals surface area (Å²) in [6.07, 6.45) is 2.61. The fraction of sp³-hybridized carbons (Fsp3) is 0.647. The third kappa shape index (κ3) is 2.52. The smallest absolute Gasteiger partial charge is 0.144 e. The predicted octanol–water partition coefficient (Wildman–Crippen LogP) is 1.25. The van der Waals surface area contributed by atoms with Crippen molar-refractivity contribution in [3.05, 3.63) is 18.2 Å². The highest BCUT2D eigenvalue weighted by Crippen LogP contribution is 2.37. The molecule has 5 nitrogen and oxygen atoms in total. The molecule has 0 saturated carbocycles. The van der Waals surface area contributed by atoms with Gasteiger partial charge in [0, 0.05) is 37.4 Å². The van der Waals surface area contributed by atoms with Crippen LogP contribution in [0.2, 0.25) is 0 Å². The molecule has 0 spiro atoms. The Kier molecular flexibility index (Phi) is 3.62. The molecule has 22 heavy (non-hydrogen) atoms. The van der Waals surface area contributed by atoms with Gasteiger partial charge in [-0.2, -0.15) is 0 Å². The molecule has 4 rings (SSSR count). The van der Waals surface area contributed by atoms with E-state index in [9.17, 15) is 0 Å². The van der Waals surface area contributed by atoms with E-state index in [0.717, 1.165) is 43.7 Å². The average molecular weight is 302 g/mol. The number of nitrogens with zero attached hydrogens (tertiary/aromatic N) is 3. The highest BCUT2D eigenvalue weighted by Gasteiger charge is 2.35. The monoisotopic (exact) mass is 302 g/mol. The van der Waals surface area contributed by atoms with E-state index in [1.807, 2.05) is 12.1 Å². The van der Waals surface area contributed by atoms with E-state index in [2.05, 4.69) is 27.8 Å². The highest BCUT2D eigenvalue weighted by molar-refractivity contribution is 5.66. The van der Waals surface area contributed by atoms with Crippen molar-refractivity contribution in [1.29, 1.82) is 0 Å². The molecule has 0 aromatic heterocycles. The summed E-state index contributed by atoms with van der Waals surface area (Å²) in [5.74, 6) is 0.948. The van der Waals surface area contributed by atoms with Gasteiger partial charge in [0.05, 0.1) is 11.7 Å². The molecule has 3 heterocycles. The van der Waals surface area contributed by atoms with Crippen molar-refractivity contribution in [3.63, 3.8) is 0 Å². The van der Waals surface area contributed by atoms with Gasteiger partial charge in [0.25, 0.3) is 0 Å². The van der Waals surface area contributed by atoms with Crippen LogP contribution in [0, 0.1) is 0 Å². The maximum absolute atomic E-state index is 5.97. The quantitative estimate of drug-likeness (QED) is 0.791. The molecule has 3 aliphatic rings. The lowest BCUT2D eigenvalue weighted by Gasteiger charge is -2.48. The van der Waals surface area contributed by atoms with Crippen LogP contribution in [0.15, 0.2) is 18.2 Å². The summed E-state index contributed by atoms with van der Waals surface area (Å²) in [5.41, 5.74) is 7.87. The van der Waals surface area contributed by atoms with E-state index in [-0.39, 0.29) is 0 Å². The van der Waals surface area contributed by atoms with Crippen molar-refractivity contribution < 1.29 is 4.74 Å². The average Bonchev–Trinajstić information content (AvgIpc) is 2.54. The second kappa shape index (κ2) is 5.63. The topological polar surface area (TPSA) is 45.0 Å². The minimum Gasteiger partial charge on any atom is -0.489 e. The van der Waals surface area contributed by atoms with Crippen LogP contribution >= 0.6 is 0 Å². The van der Waals surface area contributed by atoms with Gasteiger partial charge in [-0.05, 0) is 45.1 Å². The van der Waals surface area contributed by atoms with Gasteiger partial charge in [-0.3, -0.25) is 4.90 Å². The Bertz CT molecular complexity index is 541. The molecule has 120 valence electrons. The van der Waals surface area contributed by atoms with Crippen LogP contribution in [0.4, 0.5) is 11.4 Å². The number of fused-ring (bicyclic) bond motifs is 3. The van der Waals surface area contributed by atoms with Gasteiger partial charge >= 0.3 is 0 Å². The molecule has 3 aliphatic heterocycles. The maximum Gasteiger partial charge on any atom is 0.144 e. The Hall–Kier alpha value is -1.46. The SMILES string of the molecule is CN1CCC(N2CCN3c4ccc(N)cc4OC[C@@H]3C2)CC1. The first kappa shape index (κ1) is 14.2. The minimum atomic E-state index is 0.476. The van der Waals surface area contributed by atoms with Crippen LogP contribution in [0.1, 0.15) is 12.8 Å². The number of piperidine rings is 1. The van der Waals surface area contributed by atoms with E-state index in [1.54, 1.807) is 0 Å². The van der Waals surface area contributed by atoms with Gasteiger partial charge < -0.3 is 20.3 Å². The molecule has 0 amide bonds. The highest BCUT2D eigenvalue weighted by atomic mass is 16.5. The zero-order valence-electron chi connectivity index (χ0n) is 13.4. The summed E-state index contributed by atoms with van der Waals surface area (Å²) in [4.78, 5) is 7.65. The van der Waals surface area contributed by atoms with E-state index >= 15 is 0 Å². The summed E-state index contributed by atoms with van der Waals surface area (Å²) in [6.45, 7) is 6.62. The van der Waals surface area contributed by atoms with Crippen LogP contribution in [-0.4, -0.2) is 68.3 Å². The van der Waals surface area contributed by atoms with Gasteiger partial charge in [0.1, 0.15) is 12.4 Å². The summed E-state index contributed by atoms with van der Waals surface area (Å²) >= 11 is 0.